The number of aryl methyl sites for hydroxylation is 1. The SMILES string of the molecule is CCN(C(C)=O)S(=O)(=O)c1cccc(C)c1N. The molecule has 0 atom stereocenters. The van der Waals surface area contributed by atoms with Gasteiger partial charge in [0.25, 0.3) is 10.0 Å². The molecule has 0 aliphatic carbocycles. The number of nitrogens with two attached hydrogens (primary N) is 1. The fourth-order valence-electron chi connectivity index (χ4n) is 1.56. The number of rotatable bonds is 3. The Morgan fingerprint density at radius 1 is 1.41 bits per heavy atom. The van der Waals surface area contributed by atoms with Crippen LogP contribution in [0.5, 0.6) is 0 Å². The van der Waals surface area contributed by atoms with E-state index in [9.17, 15) is 13.2 Å². The van der Waals surface area contributed by atoms with Crippen LogP contribution in [0.4, 0.5) is 5.69 Å². The Hall–Kier alpha value is -1.56. The van der Waals surface area contributed by atoms with Gasteiger partial charge in [0.2, 0.25) is 5.91 Å². The van der Waals surface area contributed by atoms with Crippen molar-refractivity contribution < 1.29 is 13.2 Å². The lowest BCUT2D eigenvalue weighted by Gasteiger charge is -2.20. The molecule has 0 bridgehead atoms. The van der Waals surface area contributed by atoms with Crippen molar-refractivity contribution in [2.24, 2.45) is 0 Å². The summed E-state index contributed by atoms with van der Waals surface area (Å²) >= 11 is 0. The Kier molecular flexibility index (Phi) is 3.77. The number of hydrogen-bond acceptors (Lipinski definition) is 4. The van der Waals surface area contributed by atoms with Gasteiger partial charge in [0, 0.05) is 13.5 Å². The summed E-state index contributed by atoms with van der Waals surface area (Å²) in [7, 11) is -3.84. The highest BCUT2D eigenvalue weighted by Gasteiger charge is 2.27. The zero-order valence-corrected chi connectivity index (χ0v) is 10.9. The summed E-state index contributed by atoms with van der Waals surface area (Å²) < 4.78 is 25.2. The number of sulfonamides is 1. The van der Waals surface area contributed by atoms with E-state index in [4.69, 9.17) is 5.73 Å². The third-order valence-corrected chi connectivity index (χ3v) is 4.50. The molecule has 1 amide bonds. The molecular weight excluding hydrogens is 240 g/mol. The Bertz CT molecular complexity index is 538. The van der Waals surface area contributed by atoms with Gasteiger partial charge >= 0.3 is 0 Å². The van der Waals surface area contributed by atoms with Crippen LogP contribution in [0, 0.1) is 6.92 Å². The van der Waals surface area contributed by atoms with Crippen molar-refractivity contribution in [3.05, 3.63) is 23.8 Å². The maximum Gasteiger partial charge on any atom is 0.268 e. The molecule has 0 heterocycles. The lowest BCUT2D eigenvalue weighted by atomic mass is 10.2. The predicted octanol–water partition coefficient (Wildman–Crippen LogP) is 1.13. The Morgan fingerprint density at radius 3 is 2.47 bits per heavy atom. The first-order valence-corrected chi connectivity index (χ1v) is 6.64. The third-order valence-electron chi connectivity index (χ3n) is 2.49. The topological polar surface area (TPSA) is 80.5 Å². The van der Waals surface area contributed by atoms with E-state index < -0.39 is 15.9 Å². The van der Waals surface area contributed by atoms with Crippen molar-refractivity contribution in [3.63, 3.8) is 0 Å². The van der Waals surface area contributed by atoms with Gasteiger partial charge in [-0.15, -0.1) is 0 Å². The van der Waals surface area contributed by atoms with Crippen LogP contribution in [-0.4, -0.2) is 25.2 Å². The summed E-state index contributed by atoms with van der Waals surface area (Å²) in [6, 6.07) is 4.73. The molecule has 0 unspecified atom stereocenters. The highest BCUT2D eigenvalue weighted by molar-refractivity contribution is 7.89. The average Bonchev–Trinajstić information content (AvgIpc) is 2.21. The van der Waals surface area contributed by atoms with Gasteiger partial charge in [-0.05, 0) is 25.5 Å². The molecule has 0 aliphatic rings. The molecule has 1 aromatic carbocycles. The van der Waals surface area contributed by atoms with E-state index >= 15 is 0 Å². The Labute approximate surface area is 101 Å². The molecule has 17 heavy (non-hydrogen) atoms. The fourth-order valence-corrected chi connectivity index (χ4v) is 3.16. The van der Waals surface area contributed by atoms with Gasteiger partial charge in [-0.25, -0.2) is 12.7 Å². The van der Waals surface area contributed by atoms with Crippen LogP contribution in [-0.2, 0) is 14.8 Å². The summed E-state index contributed by atoms with van der Waals surface area (Å²) in [5, 5.41) is 0. The van der Waals surface area contributed by atoms with Crippen LogP contribution in [0.15, 0.2) is 23.1 Å². The monoisotopic (exact) mass is 256 g/mol. The number of hydrogen-bond donors (Lipinski definition) is 1. The van der Waals surface area contributed by atoms with Crippen molar-refractivity contribution in [2.75, 3.05) is 12.3 Å². The second-order valence-corrected chi connectivity index (χ2v) is 5.51. The zero-order chi connectivity index (χ0) is 13.2. The first-order chi connectivity index (χ1) is 7.82. The molecule has 0 aromatic heterocycles. The summed E-state index contributed by atoms with van der Waals surface area (Å²) in [6.07, 6.45) is 0. The number of para-hydroxylation sites is 1. The van der Waals surface area contributed by atoms with Gasteiger partial charge < -0.3 is 5.73 Å². The van der Waals surface area contributed by atoms with Crippen molar-refractivity contribution in [3.8, 4) is 0 Å². The number of carbonyl (C=O) groups is 1. The molecule has 0 fully saturated rings. The summed E-state index contributed by atoms with van der Waals surface area (Å²) in [6.45, 7) is 4.63. The van der Waals surface area contributed by atoms with Gasteiger partial charge in [0.15, 0.2) is 0 Å². The molecule has 1 rings (SSSR count). The highest BCUT2D eigenvalue weighted by Crippen LogP contribution is 2.24. The second kappa shape index (κ2) is 4.75. The molecule has 0 saturated heterocycles. The van der Waals surface area contributed by atoms with Crippen molar-refractivity contribution in [1.82, 2.24) is 4.31 Å². The molecule has 1 aromatic rings. The molecule has 0 radical (unpaired) electrons. The van der Waals surface area contributed by atoms with Crippen LogP contribution in [0.25, 0.3) is 0 Å². The van der Waals surface area contributed by atoms with Gasteiger partial charge in [0.1, 0.15) is 4.90 Å². The smallest absolute Gasteiger partial charge is 0.268 e. The van der Waals surface area contributed by atoms with Crippen LogP contribution < -0.4 is 5.73 Å². The number of anilines is 1. The van der Waals surface area contributed by atoms with E-state index in [1.165, 1.54) is 13.0 Å². The number of nitrogen functional groups attached to an aromatic ring is 1. The largest absolute Gasteiger partial charge is 0.397 e. The van der Waals surface area contributed by atoms with Crippen LogP contribution in [0.3, 0.4) is 0 Å². The summed E-state index contributed by atoms with van der Waals surface area (Å²) in [4.78, 5) is 11.3. The quantitative estimate of drug-likeness (QED) is 0.822. The third kappa shape index (κ3) is 2.41. The maximum absolute atomic E-state index is 12.2. The summed E-state index contributed by atoms with van der Waals surface area (Å²) in [5.74, 6) is -0.520. The van der Waals surface area contributed by atoms with Gasteiger partial charge in [0.05, 0.1) is 5.69 Å². The number of amides is 1. The second-order valence-electron chi connectivity index (χ2n) is 3.68. The molecule has 2 N–H and O–H groups in total. The Morgan fingerprint density at radius 2 is 2.00 bits per heavy atom. The number of carbonyl (C=O) groups excluding carboxylic acids is 1. The lowest BCUT2D eigenvalue weighted by Crippen LogP contribution is -2.35. The lowest BCUT2D eigenvalue weighted by molar-refractivity contribution is -0.124. The first kappa shape index (κ1) is 13.5. The van der Waals surface area contributed by atoms with E-state index in [0.717, 1.165) is 4.31 Å². The van der Waals surface area contributed by atoms with Gasteiger partial charge in [-0.3, -0.25) is 4.79 Å². The van der Waals surface area contributed by atoms with Crippen LogP contribution >= 0.6 is 0 Å². The van der Waals surface area contributed by atoms with Gasteiger partial charge in [-0.2, -0.15) is 0 Å². The standard InChI is InChI=1S/C11H16N2O3S/c1-4-13(9(3)14)17(15,16)10-7-5-6-8(2)11(10)12/h5-7H,4,12H2,1-3H3. The van der Waals surface area contributed by atoms with Crippen LogP contribution in [0.1, 0.15) is 19.4 Å². The van der Waals surface area contributed by atoms with Crippen LogP contribution in [0.2, 0.25) is 0 Å². The van der Waals surface area contributed by atoms with E-state index in [-0.39, 0.29) is 17.1 Å². The molecule has 0 aliphatic heterocycles. The maximum atomic E-state index is 12.2. The highest BCUT2D eigenvalue weighted by atomic mass is 32.2. The summed E-state index contributed by atoms with van der Waals surface area (Å²) in [5.41, 5.74) is 6.60. The average molecular weight is 256 g/mol. The first-order valence-electron chi connectivity index (χ1n) is 5.20. The van der Waals surface area contributed by atoms with E-state index in [2.05, 4.69) is 0 Å². The number of nitrogens with zero attached hydrogens (tertiary/aromatic N) is 1. The van der Waals surface area contributed by atoms with Crippen molar-refractivity contribution in [1.29, 1.82) is 0 Å². The minimum absolute atomic E-state index is 0.0189. The fraction of sp³-hybridized carbons (Fsp3) is 0.364. The molecule has 6 heteroatoms. The van der Waals surface area contributed by atoms with Gasteiger partial charge in [-0.1, -0.05) is 12.1 Å². The van der Waals surface area contributed by atoms with E-state index in [0.29, 0.717) is 5.56 Å². The minimum Gasteiger partial charge on any atom is -0.397 e. The molecular formula is C11H16N2O3S. The molecule has 0 saturated carbocycles. The zero-order valence-electron chi connectivity index (χ0n) is 10.1. The molecule has 94 valence electrons. The van der Waals surface area contributed by atoms with Crippen molar-refractivity contribution >= 4 is 21.6 Å². The predicted molar refractivity (Wildman–Crippen MR) is 65.8 cm³/mol. The number of benzene rings is 1. The Balaban J connectivity index is 3.41. The van der Waals surface area contributed by atoms with E-state index in [1.807, 2.05) is 0 Å². The normalized spacial score (nSPS) is 11.2. The van der Waals surface area contributed by atoms with E-state index in [1.54, 1.807) is 26.0 Å². The minimum atomic E-state index is -3.84. The molecule has 0 spiro atoms. The van der Waals surface area contributed by atoms with Crippen molar-refractivity contribution in [2.45, 2.75) is 25.7 Å². The molecule has 5 nitrogen and oxygen atoms in total.